The summed E-state index contributed by atoms with van der Waals surface area (Å²) in [5.41, 5.74) is 3.15. The van der Waals surface area contributed by atoms with E-state index in [0.717, 1.165) is 16.7 Å². The molecular weight excluding hydrogens is 293 g/mol. The van der Waals surface area contributed by atoms with Crippen LogP contribution < -0.4 is 0 Å². The van der Waals surface area contributed by atoms with Crippen LogP contribution in [0.4, 0.5) is 4.39 Å². The number of carbonyl (C=O) groups excluding carboxylic acids is 1. The highest BCUT2D eigenvalue weighted by Gasteiger charge is 2.22. The molecule has 0 fully saturated rings. The van der Waals surface area contributed by atoms with Gasteiger partial charge in [0.15, 0.2) is 11.6 Å². The Labute approximate surface area is 134 Å². The van der Waals surface area contributed by atoms with E-state index in [1.54, 1.807) is 12.1 Å². The van der Waals surface area contributed by atoms with Gasteiger partial charge in [-0.1, -0.05) is 36.4 Å². The third kappa shape index (κ3) is 3.72. The average Bonchev–Trinajstić information content (AvgIpc) is 2.88. The topological polar surface area (TPSA) is 38.7 Å². The van der Waals surface area contributed by atoms with Crippen LogP contribution >= 0.6 is 0 Å². The molecule has 1 aliphatic heterocycles. The van der Waals surface area contributed by atoms with Crippen molar-refractivity contribution in [1.82, 2.24) is 0 Å². The van der Waals surface area contributed by atoms with Crippen molar-refractivity contribution >= 4 is 17.9 Å². The first kappa shape index (κ1) is 15.2. The highest BCUT2D eigenvalue weighted by Crippen LogP contribution is 2.19. The molecule has 2 aromatic rings. The number of esters is 1. The minimum atomic E-state index is -0.442. The Bertz CT molecular complexity index is 809. The number of benzene rings is 2. The second-order valence-corrected chi connectivity index (χ2v) is 5.41. The molecule has 0 spiro atoms. The SMILES string of the molecule is Cc1ccccc1/C=C1\N=C(CCc2cccc(F)c2)OC1=O. The predicted molar refractivity (Wildman–Crippen MR) is 87.4 cm³/mol. The van der Waals surface area contributed by atoms with Crippen molar-refractivity contribution in [3.8, 4) is 0 Å². The van der Waals surface area contributed by atoms with Crippen LogP contribution in [0.3, 0.4) is 0 Å². The number of nitrogens with zero attached hydrogens (tertiary/aromatic N) is 1. The normalized spacial score (nSPS) is 15.7. The minimum Gasteiger partial charge on any atom is -0.407 e. The maximum absolute atomic E-state index is 13.1. The van der Waals surface area contributed by atoms with Gasteiger partial charge in [0.2, 0.25) is 0 Å². The first-order chi connectivity index (χ1) is 11.1. The molecule has 0 aromatic heterocycles. The van der Waals surface area contributed by atoms with E-state index in [9.17, 15) is 9.18 Å². The standard InChI is InChI=1S/C19H16FNO2/c1-13-5-2-3-7-15(13)12-17-19(22)23-18(21-17)10-9-14-6-4-8-16(20)11-14/h2-8,11-12H,9-10H2,1H3/b17-12-. The zero-order valence-corrected chi connectivity index (χ0v) is 12.8. The lowest BCUT2D eigenvalue weighted by molar-refractivity contribution is -0.130. The Morgan fingerprint density at radius 2 is 1.96 bits per heavy atom. The Morgan fingerprint density at radius 3 is 2.74 bits per heavy atom. The average molecular weight is 309 g/mol. The van der Waals surface area contributed by atoms with Gasteiger partial charge < -0.3 is 4.74 Å². The van der Waals surface area contributed by atoms with Gasteiger partial charge in [-0.2, -0.15) is 0 Å². The molecule has 3 nitrogen and oxygen atoms in total. The minimum absolute atomic E-state index is 0.270. The van der Waals surface area contributed by atoms with Gasteiger partial charge >= 0.3 is 5.97 Å². The van der Waals surface area contributed by atoms with Crippen molar-refractivity contribution in [1.29, 1.82) is 0 Å². The summed E-state index contributed by atoms with van der Waals surface area (Å²) < 4.78 is 18.3. The lowest BCUT2D eigenvalue weighted by atomic mass is 10.1. The van der Waals surface area contributed by atoms with E-state index in [4.69, 9.17) is 4.74 Å². The number of aliphatic imine (C=N–C) groups is 1. The third-order valence-corrected chi connectivity index (χ3v) is 3.66. The van der Waals surface area contributed by atoms with E-state index < -0.39 is 5.97 Å². The van der Waals surface area contributed by atoms with Crippen LogP contribution in [-0.2, 0) is 16.0 Å². The molecule has 0 amide bonds. The van der Waals surface area contributed by atoms with Crippen molar-refractivity contribution in [2.24, 2.45) is 4.99 Å². The van der Waals surface area contributed by atoms with E-state index in [-0.39, 0.29) is 5.82 Å². The fourth-order valence-corrected chi connectivity index (χ4v) is 2.40. The molecule has 3 rings (SSSR count). The highest BCUT2D eigenvalue weighted by molar-refractivity contribution is 6.07. The van der Waals surface area contributed by atoms with Gasteiger partial charge in [0.25, 0.3) is 0 Å². The van der Waals surface area contributed by atoms with E-state index in [1.807, 2.05) is 37.3 Å². The fraction of sp³-hybridized carbons (Fsp3) is 0.158. The summed E-state index contributed by atoms with van der Waals surface area (Å²) in [4.78, 5) is 16.2. The largest absolute Gasteiger partial charge is 0.407 e. The zero-order chi connectivity index (χ0) is 16.2. The molecule has 1 aliphatic rings. The van der Waals surface area contributed by atoms with Crippen molar-refractivity contribution in [3.63, 3.8) is 0 Å². The zero-order valence-electron chi connectivity index (χ0n) is 12.8. The van der Waals surface area contributed by atoms with Gasteiger partial charge in [-0.25, -0.2) is 14.2 Å². The molecule has 4 heteroatoms. The van der Waals surface area contributed by atoms with E-state index in [1.165, 1.54) is 12.1 Å². The number of ether oxygens (including phenoxy) is 1. The number of carbonyl (C=O) groups is 1. The second kappa shape index (κ2) is 6.57. The quantitative estimate of drug-likeness (QED) is 0.631. The maximum atomic E-state index is 13.1. The smallest absolute Gasteiger partial charge is 0.363 e. The number of aryl methyl sites for hydroxylation is 2. The van der Waals surface area contributed by atoms with Gasteiger partial charge in [0.05, 0.1) is 0 Å². The first-order valence-electron chi connectivity index (χ1n) is 7.43. The molecule has 0 atom stereocenters. The monoisotopic (exact) mass is 309 g/mol. The summed E-state index contributed by atoms with van der Waals surface area (Å²) in [7, 11) is 0. The molecule has 0 aliphatic carbocycles. The van der Waals surface area contributed by atoms with E-state index >= 15 is 0 Å². The molecule has 2 aromatic carbocycles. The van der Waals surface area contributed by atoms with Crippen LogP contribution in [-0.4, -0.2) is 11.9 Å². The van der Waals surface area contributed by atoms with Gasteiger partial charge in [-0.15, -0.1) is 0 Å². The summed E-state index contributed by atoms with van der Waals surface area (Å²) in [6.07, 6.45) is 2.76. The number of hydrogen-bond acceptors (Lipinski definition) is 3. The number of rotatable bonds is 4. The summed E-state index contributed by atoms with van der Waals surface area (Å²) in [5.74, 6) is -0.338. The third-order valence-electron chi connectivity index (χ3n) is 3.66. The molecule has 0 bridgehead atoms. The summed E-state index contributed by atoms with van der Waals surface area (Å²) >= 11 is 0. The van der Waals surface area contributed by atoms with Crippen molar-refractivity contribution < 1.29 is 13.9 Å². The maximum Gasteiger partial charge on any atom is 0.363 e. The molecular formula is C19H16FNO2. The van der Waals surface area contributed by atoms with E-state index in [2.05, 4.69) is 4.99 Å². The molecule has 0 N–H and O–H groups in total. The van der Waals surface area contributed by atoms with Crippen molar-refractivity contribution in [2.45, 2.75) is 19.8 Å². The van der Waals surface area contributed by atoms with Gasteiger partial charge in [-0.05, 0) is 48.2 Å². The van der Waals surface area contributed by atoms with Gasteiger partial charge in [0, 0.05) is 6.42 Å². The fourth-order valence-electron chi connectivity index (χ4n) is 2.40. The summed E-state index contributed by atoms with van der Waals surface area (Å²) in [6.45, 7) is 1.97. The number of halogens is 1. The van der Waals surface area contributed by atoms with Crippen LogP contribution in [0, 0.1) is 12.7 Å². The molecule has 23 heavy (non-hydrogen) atoms. The molecule has 116 valence electrons. The molecule has 1 heterocycles. The van der Waals surface area contributed by atoms with E-state index in [0.29, 0.717) is 24.4 Å². The van der Waals surface area contributed by atoms with Crippen molar-refractivity contribution in [2.75, 3.05) is 0 Å². The first-order valence-corrected chi connectivity index (χ1v) is 7.43. The summed E-state index contributed by atoms with van der Waals surface area (Å²) in [5, 5.41) is 0. The molecule has 0 saturated heterocycles. The van der Waals surface area contributed by atoms with Crippen LogP contribution in [0.25, 0.3) is 6.08 Å². The Morgan fingerprint density at radius 1 is 1.13 bits per heavy atom. The van der Waals surface area contributed by atoms with Crippen LogP contribution in [0.2, 0.25) is 0 Å². The lowest BCUT2D eigenvalue weighted by Crippen LogP contribution is -2.05. The molecule has 0 unspecified atom stereocenters. The number of cyclic esters (lactones) is 1. The highest BCUT2D eigenvalue weighted by atomic mass is 19.1. The van der Waals surface area contributed by atoms with Crippen LogP contribution in [0.15, 0.2) is 59.2 Å². The predicted octanol–water partition coefficient (Wildman–Crippen LogP) is 4.06. The Hall–Kier alpha value is -2.75. The second-order valence-electron chi connectivity index (χ2n) is 5.41. The Balaban J connectivity index is 1.73. The Kier molecular flexibility index (Phi) is 4.33. The van der Waals surface area contributed by atoms with Crippen LogP contribution in [0.1, 0.15) is 23.1 Å². The van der Waals surface area contributed by atoms with Crippen molar-refractivity contribution in [3.05, 3.63) is 76.7 Å². The van der Waals surface area contributed by atoms with Gasteiger partial charge in [-0.3, -0.25) is 0 Å². The van der Waals surface area contributed by atoms with Gasteiger partial charge in [0.1, 0.15) is 5.82 Å². The number of hydrogen-bond donors (Lipinski definition) is 0. The molecule has 0 radical (unpaired) electrons. The molecule has 0 saturated carbocycles. The lowest BCUT2D eigenvalue weighted by Gasteiger charge is -2.00. The summed E-state index contributed by atoms with van der Waals surface area (Å²) in [6, 6.07) is 14.1. The van der Waals surface area contributed by atoms with Crippen LogP contribution in [0.5, 0.6) is 0 Å².